The second-order valence-electron chi connectivity index (χ2n) is 1.57. The lowest BCUT2D eigenvalue weighted by molar-refractivity contribution is 0.475. The molecule has 0 aliphatic rings. The molecule has 0 atom stereocenters. The van der Waals surface area contributed by atoms with Crippen LogP contribution in [0.25, 0.3) is 0 Å². The number of aromatic nitrogens is 2. The van der Waals surface area contributed by atoms with Gasteiger partial charge >= 0.3 is 0 Å². The maximum atomic E-state index is 11.9. The van der Waals surface area contributed by atoms with Gasteiger partial charge in [-0.15, -0.1) is 0 Å². The van der Waals surface area contributed by atoms with Crippen LogP contribution in [0.15, 0.2) is 6.20 Å². The smallest absolute Gasteiger partial charge is 0.222 e. The highest BCUT2D eigenvalue weighted by Gasteiger charge is 2.01. The van der Waals surface area contributed by atoms with Crippen molar-refractivity contribution in [2.24, 2.45) is 0 Å². The van der Waals surface area contributed by atoms with Crippen molar-refractivity contribution in [1.82, 2.24) is 9.97 Å². The second kappa shape index (κ2) is 3.12. The third-order valence-corrected chi connectivity index (χ3v) is 1.41. The summed E-state index contributed by atoms with van der Waals surface area (Å²) in [6.07, 6.45) is 1.27. The molecule has 0 N–H and O–H groups in total. The lowest BCUT2D eigenvalue weighted by atomic mass is 10.4. The summed E-state index contributed by atoms with van der Waals surface area (Å²) in [7, 11) is 0. The van der Waals surface area contributed by atoms with Crippen molar-refractivity contribution in [3.8, 4) is 0 Å². The molecule has 54 valence electrons. The number of halogens is 3. The number of rotatable bonds is 1. The average molecular weight is 181 g/mol. The Kier molecular flexibility index (Phi) is 2.40. The molecule has 1 heterocycles. The zero-order chi connectivity index (χ0) is 7.56. The van der Waals surface area contributed by atoms with E-state index in [9.17, 15) is 4.39 Å². The number of hydrogen-bond acceptors (Lipinski definition) is 2. The Hall–Kier alpha value is -0.410. The fraction of sp³-hybridized carbons (Fsp3) is 0.200. The highest BCUT2D eigenvalue weighted by Crippen LogP contribution is 2.14. The quantitative estimate of drug-likeness (QED) is 0.621. The molecule has 0 aromatic carbocycles. The molecule has 2 nitrogen and oxygen atoms in total. The molecular formula is C5H3Cl2FN2. The first-order valence-corrected chi connectivity index (χ1v) is 3.22. The summed E-state index contributed by atoms with van der Waals surface area (Å²) in [6, 6.07) is 0. The van der Waals surface area contributed by atoms with Gasteiger partial charge in [0.25, 0.3) is 0 Å². The SMILES string of the molecule is FCc1nc(Cl)ncc1Cl. The number of hydrogen-bond donors (Lipinski definition) is 0. The molecule has 0 radical (unpaired) electrons. The van der Waals surface area contributed by atoms with E-state index in [1.54, 1.807) is 0 Å². The van der Waals surface area contributed by atoms with Crippen LogP contribution in [0.2, 0.25) is 10.3 Å². The van der Waals surface area contributed by atoms with E-state index in [0.29, 0.717) is 0 Å². The summed E-state index contributed by atoms with van der Waals surface area (Å²) >= 11 is 10.8. The van der Waals surface area contributed by atoms with Gasteiger partial charge in [-0.05, 0) is 11.6 Å². The Morgan fingerprint density at radius 3 is 2.70 bits per heavy atom. The second-order valence-corrected chi connectivity index (χ2v) is 2.31. The molecule has 1 aromatic rings. The molecular weight excluding hydrogens is 178 g/mol. The van der Waals surface area contributed by atoms with Crippen LogP contribution >= 0.6 is 23.2 Å². The van der Waals surface area contributed by atoms with Crippen LogP contribution in [0.4, 0.5) is 4.39 Å². The molecule has 1 aromatic heterocycles. The van der Waals surface area contributed by atoms with E-state index in [0.717, 1.165) is 0 Å². The Morgan fingerprint density at radius 2 is 2.20 bits per heavy atom. The third-order valence-electron chi connectivity index (χ3n) is 0.914. The van der Waals surface area contributed by atoms with Gasteiger partial charge in [-0.25, -0.2) is 14.4 Å². The predicted molar refractivity (Wildman–Crippen MR) is 36.9 cm³/mol. The lowest BCUT2D eigenvalue weighted by Crippen LogP contribution is -1.89. The van der Waals surface area contributed by atoms with Gasteiger partial charge in [-0.2, -0.15) is 0 Å². The van der Waals surface area contributed by atoms with Crippen LogP contribution in [0, 0.1) is 0 Å². The van der Waals surface area contributed by atoms with Crippen LogP contribution in [0.5, 0.6) is 0 Å². The summed E-state index contributed by atoms with van der Waals surface area (Å²) in [6.45, 7) is -0.721. The van der Waals surface area contributed by atoms with E-state index >= 15 is 0 Å². The third kappa shape index (κ3) is 1.55. The Balaban J connectivity index is 3.09. The molecule has 5 heteroatoms. The molecule has 0 saturated heterocycles. The highest BCUT2D eigenvalue weighted by molar-refractivity contribution is 6.31. The summed E-state index contributed by atoms with van der Waals surface area (Å²) in [5, 5.41) is 0.212. The molecule has 0 unspecified atom stereocenters. The maximum absolute atomic E-state index is 11.9. The van der Waals surface area contributed by atoms with Crippen LogP contribution < -0.4 is 0 Å². The zero-order valence-electron chi connectivity index (χ0n) is 4.81. The molecule has 0 amide bonds. The topological polar surface area (TPSA) is 25.8 Å². The largest absolute Gasteiger partial charge is 0.244 e. The first-order valence-electron chi connectivity index (χ1n) is 2.47. The summed E-state index contributed by atoms with van der Waals surface area (Å²) in [5.41, 5.74) is 0.127. The van der Waals surface area contributed by atoms with E-state index in [1.165, 1.54) is 6.20 Å². The minimum Gasteiger partial charge on any atom is -0.244 e. The molecule has 0 aliphatic heterocycles. The van der Waals surface area contributed by atoms with E-state index < -0.39 is 6.67 Å². The standard InChI is InChI=1S/C5H3Cl2FN2/c6-3-2-9-5(7)10-4(3)1-8/h2H,1H2. The van der Waals surface area contributed by atoms with Crippen molar-refractivity contribution < 1.29 is 4.39 Å². The first-order chi connectivity index (χ1) is 4.74. The number of alkyl halides is 1. The van der Waals surface area contributed by atoms with E-state index in [4.69, 9.17) is 23.2 Å². The fourth-order valence-corrected chi connectivity index (χ4v) is 0.764. The van der Waals surface area contributed by atoms with Gasteiger partial charge in [0.15, 0.2) is 0 Å². The Bertz CT molecular complexity index is 241. The monoisotopic (exact) mass is 180 g/mol. The Morgan fingerprint density at radius 1 is 1.50 bits per heavy atom. The van der Waals surface area contributed by atoms with Crippen molar-refractivity contribution >= 4 is 23.2 Å². The molecule has 0 saturated carbocycles. The molecule has 10 heavy (non-hydrogen) atoms. The minimum absolute atomic E-state index is 0.0112. The first kappa shape index (κ1) is 7.69. The Labute approximate surface area is 67.0 Å². The van der Waals surface area contributed by atoms with Crippen molar-refractivity contribution in [2.45, 2.75) is 6.67 Å². The van der Waals surface area contributed by atoms with E-state index in [1.807, 2.05) is 0 Å². The van der Waals surface area contributed by atoms with Crippen molar-refractivity contribution in [2.75, 3.05) is 0 Å². The molecule has 0 spiro atoms. The van der Waals surface area contributed by atoms with Gasteiger partial charge in [0.05, 0.1) is 16.9 Å². The van der Waals surface area contributed by atoms with Crippen molar-refractivity contribution in [3.05, 3.63) is 22.2 Å². The fourth-order valence-electron chi connectivity index (χ4n) is 0.472. The summed E-state index contributed by atoms with van der Waals surface area (Å²) < 4.78 is 11.9. The van der Waals surface area contributed by atoms with Crippen molar-refractivity contribution in [3.63, 3.8) is 0 Å². The number of nitrogens with zero attached hydrogens (tertiary/aromatic N) is 2. The van der Waals surface area contributed by atoms with Gasteiger partial charge in [-0.3, -0.25) is 0 Å². The zero-order valence-corrected chi connectivity index (χ0v) is 6.32. The van der Waals surface area contributed by atoms with Crippen LogP contribution in [-0.2, 0) is 6.67 Å². The molecule has 1 rings (SSSR count). The molecule has 0 aliphatic carbocycles. The molecule has 0 bridgehead atoms. The minimum atomic E-state index is -0.721. The summed E-state index contributed by atoms with van der Waals surface area (Å²) in [5.74, 6) is 0. The van der Waals surface area contributed by atoms with E-state index in [2.05, 4.69) is 9.97 Å². The normalized spacial score (nSPS) is 9.90. The predicted octanol–water partition coefficient (Wildman–Crippen LogP) is 2.25. The van der Waals surface area contributed by atoms with Gasteiger partial charge < -0.3 is 0 Å². The van der Waals surface area contributed by atoms with Gasteiger partial charge in [0.1, 0.15) is 6.67 Å². The average Bonchev–Trinajstić information content (AvgIpc) is 1.94. The van der Waals surface area contributed by atoms with Crippen LogP contribution in [0.3, 0.4) is 0 Å². The summed E-state index contributed by atoms with van der Waals surface area (Å²) in [4.78, 5) is 7.08. The van der Waals surface area contributed by atoms with Gasteiger partial charge in [-0.1, -0.05) is 11.6 Å². The lowest BCUT2D eigenvalue weighted by Gasteiger charge is -1.95. The van der Waals surface area contributed by atoms with Gasteiger partial charge in [0, 0.05) is 0 Å². The maximum Gasteiger partial charge on any atom is 0.222 e. The van der Waals surface area contributed by atoms with Crippen LogP contribution in [0.1, 0.15) is 5.69 Å². The highest BCUT2D eigenvalue weighted by atomic mass is 35.5. The van der Waals surface area contributed by atoms with Crippen LogP contribution in [-0.4, -0.2) is 9.97 Å². The van der Waals surface area contributed by atoms with Gasteiger partial charge in [0.2, 0.25) is 5.28 Å². The molecule has 0 fully saturated rings. The van der Waals surface area contributed by atoms with Crippen molar-refractivity contribution in [1.29, 1.82) is 0 Å². The van der Waals surface area contributed by atoms with E-state index in [-0.39, 0.29) is 16.0 Å².